The van der Waals surface area contributed by atoms with Gasteiger partial charge in [-0.25, -0.2) is 0 Å². The monoisotopic (exact) mass is 254 g/mol. The van der Waals surface area contributed by atoms with E-state index in [9.17, 15) is 4.79 Å². The number of hydrogen-bond donors (Lipinski definition) is 1. The lowest BCUT2D eigenvalue weighted by Gasteiger charge is -2.28. The predicted octanol–water partition coefficient (Wildman–Crippen LogP) is 1.75. The van der Waals surface area contributed by atoms with Crippen LogP contribution in [-0.4, -0.2) is 43.3 Å². The van der Waals surface area contributed by atoms with Gasteiger partial charge in [0.2, 0.25) is 5.91 Å². The molecule has 1 heterocycles. The van der Waals surface area contributed by atoms with Gasteiger partial charge in [-0.3, -0.25) is 10.1 Å². The van der Waals surface area contributed by atoms with Crippen molar-refractivity contribution in [1.82, 2.24) is 10.2 Å². The van der Waals surface area contributed by atoms with Crippen LogP contribution in [0.3, 0.4) is 0 Å². The molecular formula is C14H26N2O2. The number of nitrogens with zero attached hydrogens (tertiary/aromatic N) is 1. The number of ether oxygens (including phenoxy) is 1. The van der Waals surface area contributed by atoms with Crippen LogP contribution < -0.4 is 5.32 Å². The fourth-order valence-corrected chi connectivity index (χ4v) is 2.90. The van der Waals surface area contributed by atoms with Crippen molar-refractivity contribution >= 4 is 5.91 Å². The molecule has 0 bridgehead atoms. The van der Waals surface area contributed by atoms with E-state index in [2.05, 4.69) is 17.1 Å². The summed E-state index contributed by atoms with van der Waals surface area (Å²) in [7, 11) is 1.75. The van der Waals surface area contributed by atoms with Crippen molar-refractivity contribution in [2.45, 2.75) is 58.2 Å². The van der Waals surface area contributed by atoms with Crippen molar-refractivity contribution in [3.05, 3.63) is 0 Å². The second-order valence-corrected chi connectivity index (χ2v) is 5.90. The highest BCUT2D eigenvalue weighted by Crippen LogP contribution is 2.50. The van der Waals surface area contributed by atoms with E-state index in [-0.39, 0.29) is 18.1 Å². The zero-order chi connectivity index (χ0) is 13.2. The Morgan fingerprint density at radius 3 is 2.78 bits per heavy atom. The minimum atomic E-state index is -0.0141. The molecule has 1 aliphatic heterocycles. The molecule has 2 unspecified atom stereocenters. The molecule has 2 fully saturated rings. The largest absolute Gasteiger partial charge is 0.385 e. The van der Waals surface area contributed by atoms with Crippen LogP contribution in [0.15, 0.2) is 0 Å². The summed E-state index contributed by atoms with van der Waals surface area (Å²) in [5, 5.41) is 3.41. The van der Waals surface area contributed by atoms with Crippen molar-refractivity contribution in [3.63, 3.8) is 0 Å². The Balaban J connectivity index is 1.95. The molecular weight excluding hydrogens is 228 g/mol. The van der Waals surface area contributed by atoms with E-state index in [0.29, 0.717) is 5.41 Å². The number of amides is 1. The van der Waals surface area contributed by atoms with Crippen molar-refractivity contribution in [3.8, 4) is 0 Å². The van der Waals surface area contributed by atoms with E-state index in [1.807, 2.05) is 6.92 Å². The summed E-state index contributed by atoms with van der Waals surface area (Å²) >= 11 is 0. The van der Waals surface area contributed by atoms with Gasteiger partial charge in [-0.05, 0) is 38.0 Å². The SMILES string of the molecule is CCCC1NC(C)C(=O)N1CC1(CCOC)CC1. The number of carbonyl (C=O) groups excluding carboxylic acids is 1. The van der Waals surface area contributed by atoms with E-state index in [0.717, 1.165) is 32.4 Å². The molecule has 18 heavy (non-hydrogen) atoms. The van der Waals surface area contributed by atoms with Crippen LogP contribution in [0.25, 0.3) is 0 Å². The molecule has 0 aromatic rings. The summed E-state index contributed by atoms with van der Waals surface area (Å²) in [5.74, 6) is 0.275. The lowest BCUT2D eigenvalue weighted by atomic mass is 10.0. The topological polar surface area (TPSA) is 41.6 Å². The van der Waals surface area contributed by atoms with Gasteiger partial charge < -0.3 is 9.64 Å². The first kappa shape index (κ1) is 13.8. The Bertz CT molecular complexity index is 302. The predicted molar refractivity (Wildman–Crippen MR) is 71.2 cm³/mol. The van der Waals surface area contributed by atoms with Gasteiger partial charge >= 0.3 is 0 Å². The van der Waals surface area contributed by atoms with Crippen LogP contribution in [-0.2, 0) is 9.53 Å². The zero-order valence-electron chi connectivity index (χ0n) is 11.9. The third kappa shape index (κ3) is 2.86. The molecule has 1 saturated heterocycles. The fraction of sp³-hybridized carbons (Fsp3) is 0.929. The second kappa shape index (κ2) is 5.57. The molecule has 1 amide bonds. The standard InChI is InChI=1S/C14H26N2O2/c1-4-5-12-15-11(2)13(17)16(12)10-14(6-7-14)8-9-18-3/h11-12,15H,4-10H2,1-3H3. The summed E-state index contributed by atoms with van der Waals surface area (Å²) < 4.78 is 5.19. The molecule has 104 valence electrons. The van der Waals surface area contributed by atoms with Gasteiger partial charge in [-0.2, -0.15) is 0 Å². The molecule has 0 spiro atoms. The van der Waals surface area contributed by atoms with Crippen LogP contribution in [0.5, 0.6) is 0 Å². The number of carbonyl (C=O) groups is 1. The summed E-state index contributed by atoms with van der Waals surface area (Å²) in [4.78, 5) is 14.3. The molecule has 4 heteroatoms. The molecule has 0 radical (unpaired) electrons. The van der Waals surface area contributed by atoms with Crippen LogP contribution in [0.2, 0.25) is 0 Å². The van der Waals surface area contributed by atoms with Crippen molar-refractivity contribution in [1.29, 1.82) is 0 Å². The number of nitrogens with one attached hydrogen (secondary N) is 1. The van der Waals surface area contributed by atoms with Crippen molar-refractivity contribution < 1.29 is 9.53 Å². The van der Waals surface area contributed by atoms with Gasteiger partial charge in [0.1, 0.15) is 0 Å². The number of rotatable bonds is 7. The Kier molecular flexibility index (Phi) is 4.28. The van der Waals surface area contributed by atoms with Crippen LogP contribution in [0.4, 0.5) is 0 Å². The first-order valence-corrected chi connectivity index (χ1v) is 7.17. The normalized spacial score (nSPS) is 29.9. The Hall–Kier alpha value is -0.610. The first-order valence-electron chi connectivity index (χ1n) is 7.17. The molecule has 0 aromatic carbocycles. The summed E-state index contributed by atoms with van der Waals surface area (Å²) in [6.45, 7) is 5.87. The molecule has 1 N–H and O–H groups in total. The Labute approximate surface area is 110 Å². The van der Waals surface area contributed by atoms with Gasteiger partial charge in [0.15, 0.2) is 0 Å². The first-order chi connectivity index (χ1) is 8.62. The molecule has 0 aromatic heterocycles. The molecule has 1 aliphatic carbocycles. The highest BCUT2D eigenvalue weighted by molar-refractivity contribution is 5.84. The smallest absolute Gasteiger partial charge is 0.240 e. The molecule has 4 nitrogen and oxygen atoms in total. The fourth-order valence-electron chi connectivity index (χ4n) is 2.90. The van der Waals surface area contributed by atoms with Gasteiger partial charge in [0.05, 0.1) is 12.2 Å². The third-order valence-corrected chi connectivity index (χ3v) is 4.33. The van der Waals surface area contributed by atoms with E-state index >= 15 is 0 Å². The van der Waals surface area contributed by atoms with E-state index in [1.165, 1.54) is 12.8 Å². The molecule has 2 rings (SSSR count). The highest BCUT2D eigenvalue weighted by Gasteiger charge is 2.47. The van der Waals surface area contributed by atoms with Crippen LogP contribution >= 0.6 is 0 Å². The number of hydrogen-bond acceptors (Lipinski definition) is 3. The van der Waals surface area contributed by atoms with Gasteiger partial charge in [0.25, 0.3) is 0 Å². The van der Waals surface area contributed by atoms with Crippen LogP contribution in [0.1, 0.15) is 46.0 Å². The molecule has 2 aliphatic rings. The lowest BCUT2D eigenvalue weighted by molar-refractivity contribution is -0.130. The average molecular weight is 254 g/mol. The van der Waals surface area contributed by atoms with Crippen molar-refractivity contribution in [2.24, 2.45) is 5.41 Å². The summed E-state index contributed by atoms with van der Waals surface area (Å²) in [6.07, 6.45) is 5.98. The molecule has 2 atom stereocenters. The van der Waals surface area contributed by atoms with E-state index in [4.69, 9.17) is 4.74 Å². The lowest BCUT2D eigenvalue weighted by Crippen LogP contribution is -2.41. The quantitative estimate of drug-likeness (QED) is 0.752. The number of methoxy groups -OCH3 is 1. The van der Waals surface area contributed by atoms with E-state index in [1.54, 1.807) is 7.11 Å². The Morgan fingerprint density at radius 1 is 1.50 bits per heavy atom. The summed E-state index contributed by atoms with van der Waals surface area (Å²) in [6, 6.07) is -0.0141. The minimum absolute atomic E-state index is 0.0141. The average Bonchev–Trinajstić information content (AvgIpc) is 3.07. The van der Waals surface area contributed by atoms with E-state index < -0.39 is 0 Å². The minimum Gasteiger partial charge on any atom is -0.385 e. The maximum absolute atomic E-state index is 12.2. The summed E-state index contributed by atoms with van der Waals surface area (Å²) in [5.41, 5.74) is 0.351. The van der Waals surface area contributed by atoms with Gasteiger partial charge in [-0.15, -0.1) is 0 Å². The van der Waals surface area contributed by atoms with Gasteiger partial charge in [-0.1, -0.05) is 13.3 Å². The highest BCUT2D eigenvalue weighted by atomic mass is 16.5. The van der Waals surface area contributed by atoms with Crippen LogP contribution in [0, 0.1) is 5.41 Å². The maximum Gasteiger partial charge on any atom is 0.240 e. The zero-order valence-corrected chi connectivity index (χ0v) is 11.9. The third-order valence-electron chi connectivity index (χ3n) is 4.33. The van der Waals surface area contributed by atoms with Crippen molar-refractivity contribution in [2.75, 3.05) is 20.3 Å². The second-order valence-electron chi connectivity index (χ2n) is 5.90. The Morgan fingerprint density at radius 2 is 2.22 bits per heavy atom. The molecule has 1 saturated carbocycles. The van der Waals surface area contributed by atoms with Gasteiger partial charge in [0, 0.05) is 20.3 Å². The maximum atomic E-state index is 12.2.